The normalized spacial score (nSPS) is 10.4. The van der Waals surface area contributed by atoms with Gasteiger partial charge in [-0.1, -0.05) is 17.7 Å². The molecule has 1 aromatic carbocycles. The maximum Gasteiger partial charge on any atom is 0.251 e. The molecule has 0 saturated heterocycles. The predicted molar refractivity (Wildman–Crippen MR) is 78.7 cm³/mol. The molecule has 0 radical (unpaired) electrons. The molecule has 0 aliphatic carbocycles. The van der Waals surface area contributed by atoms with Crippen LogP contribution in [0.25, 0.3) is 0 Å². The molecule has 0 aliphatic heterocycles. The van der Waals surface area contributed by atoms with Crippen molar-refractivity contribution in [3.8, 4) is 0 Å². The number of thiazole rings is 1. The molecular weight excluding hydrogens is 256 g/mol. The van der Waals surface area contributed by atoms with E-state index in [1.807, 2.05) is 38.1 Å². The largest absolute Gasteiger partial charge is 0.352 e. The van der Waals surface area contributed by atoms with Crippen molar-refractivity contribution in [3.63, 3.8) is 0 Å². The van der Waals surface area contributed by atoms with Gasteiger partial charge in [-0.2, -0.15) is 0 Å². The Labute approximate surface area is 117 Å². The molecule has 1 N–H and O–H groups in total. The number of nitrogens with one attached hydrogen (secondary N) is 1. The molecular formula is C15H18N2OS. The van der Waals surface area contributed by atoms with Crippen molar-refractivity contribution in [2.75, 3.05) is 6.54 Å². The number of hydrogen-bond acceptors (Lipinski definition) is 3. The van der Waals surface area contributed by atoms with Gasteiger partial charge in [0, 0.05) is 29.6 Å². The Kier molecular flexibility index (Phi) is 4.68. The molecule has 0 atom stereocenters. The lowest BCUT2D eigenvalue weighted by atomic mass is 10.1. The second-order valence-corrected chi connectivity index (χ2v) is 5.55. The van der Waals surface area contributed by atoms with Crippen molar-refractivity contribution in [1.29, 1.82) is 0 Å². The van der Waals surface area contributed by atoms with Gasteiger partial charge in [0.05, 0.1) is 5.01 Å². The highest BCUT2D eigenvalue weighted by molar-refractivity contribution is 7.09. The molecule has 0 saturated carbocycles. The van der Waals surface area contributed by atoms with Crippen LogP contribution >= 0.6 is 11.3 Å². The Hall–Kier alpha value is -1.68. The molecule has 1 heterocycles. The summed E-state index contributed by atoms with van der Waals surface area (Å²) in [5.41, 5.74) is 2.95. The van der Waals surface area contributed by atoms with Crippen LogP contribution in [0.3, 0.4) is 0 Å². The van der Waals surface area contributed by atoms with Crippen LogP contribution in [0.4, 0.5) is 0 Å². The summed E-state index contributed by atoms with van der Waals surface area (Å²) in [5.74, 6) is -0.00433. The summed E-state index contributed by atoms with van der Waals surface area (Å²) in [6.45, 7) is 4.70. The van der Waals surface area contributed by atoms with Gasteiger partial charge in [-0.05, 0) is 32.4 Å². The Morgan fingerprint density at radius 3 is 2.63 bits per heavy atom. The number of carbonyl (C=O) groups is 1. The number of aryl methyl sites for hydroxylation is 3. The van der Waals surface area contributed by atoms with E-state index in [4.69, 9.17) is 0 Å². The number of benzene rings is 1. The fourth-order valence-electron chi connectivity index (χ4n) is 1.77. The second-order valence-electron chi connectivity index (χ2n) is 4.61. The molecule has 19 heavy (non-hydrogen) atoms. The van der Waals surface area contributed by atoms with Crippen molar-refractivity contribution < 1.29 is 4.79 Å². The summed E-state index contributed by atoms with van der Waals surface area (Å²) < 4.78 is 0. The molecule has 100 valence electrons. The first kappa shape index (κ1) is 13.7. The third-order valence-electron chi connectivity index (χ3n) is 2.83. The van der Waals surface area contributed by atoms with E-state index in [0.29, 0.717) is 6.54 Å². The van der Waals surface area contributed by atoms with E-state index >= 15 is 0 Å². The van der Waals surface area contributed by atoms with Crippen LogP contribution in [0, 0.1) is 13.8 Å². The van der Waals surface area contributed by atoms with Crippen molar-refractivity contribution in [2.24, 2.45) is 0 Å². The molecule has 3 nitrogen and oxygen atoms in total. The first-order chi connectivity index (χ1) is 9.15. The van der Waals surface area contributed by atoms with E-state index < -0.39 is 0 Å². The van der Waals surface area contributed by atoms with E-state index in [0.717, 1.165) is 34.7 Å². The lowest BCUT2D eigenvalue weighted by Gasteiger charge is -2.04. The number of carbonyl (C=O) groups excluding carboxylic acids is 1. The summed E-state index contributed by atoms with van der Waals surface area (Å²) in [5, 5.41) is 6.13. The van der Waals surface area contributed by atoms with Gasteiger partial charge in [0.2, 0.25) is 0 Å². The molecule has 0 unspecified atom stereocenters. The first-order valence-corrected chi connectivity index (χ1v) is 7.29. The minimum atomic E-state index is -0.00433. The van der Waals surface area contributed by atoms with Gasteiger partial charge in [0.15, 0.2) is 0 Å². The van der Waals surface area contributed by atoms with Crippen molar-refractivity contribution in [3.05, 3.63) is 51.5 Å². The molecule has 1 amide bonds. The van der Waals surface area contributed by atoms with Gasteiger partial charge in [-0.15, -0.1) is 11.3 Å². The average molecular weight is 274 g/mol. The molecule has 0 fully saturated rings. The van der Waals surface area contributed by atoms with E-state index in [1.54, 1.807) is 11.3 Å². The zero-order chi connectivity index (χ0) is 13.7. The summed E-state index contributed by atoms with van der Waals surface area (Å²) in [4.78, 5) is 16.2. The summed E-state index contributed by atoms with van der Waals surface area (Å²) in [6.07, 6.45) is 1.84. The Morgan fingerprint density at radius 2 is 2.00 bits per heavy atom. The third-order valence-corrected chi connectivity index (χ3v) is 3.86. The van der Waals surface area contributed by atoms with Crippen LogP contribution in [-0.2, 0) is 6.42 Å². The maximum absolute atomic E-state index is 11.8. The monoisotopic (exact) mass is 274 g/mol. The zero-order valence-electron chi connectivity index (χ0n) is 11.3. The minimum absolute atomic E-state index is 0.00433. The molecule has 4 heteroatoms. The van der Waals surface area contributed by atoms with Crippen LogP contribution < -0.4 is 5.32 Å². The van der Waals surface area contributed by atoms with E-state index in [2.05, 4.69) is 15.7 Å². The van der Waals surface area contributed by atoms with Gasteiger partial charge < -0.3 is 5.32 Å². The van der Waals surface area contributed by atoms with Crippen molar-refractivity contribution >= 4 is 17.2 Å². The highest BCUT2D eigenvalue weighted by Gasteiger charge is 2.04. The van der Waals surface area contributed by atoms with Gasteiger partial charge in [0.25, 0.3) is 5.91 Å². The third kappa shape index (κ3) is 4.17. The summed E-state index contributed by atoms with van der Waals surface area (Å²) >= 11 is 1.68. The maximum atomic E-state index is 11.8. The van der Waals surface area contributed by atoms with Crippen molar-refractivity contribution in [2.45, 2.75) is 26.7 Å². The second kappa shape index (κ2) is 6.48. The van der Waals surface area contributed by atoms with Gasteiger partial charge >= 0.3 is 0 Å². The molecule has 1 aromatic heterocycles. The predicted octanol–water partition coefficient (Wildman–Crippen LogP) is 3.12. The lowest BCUT2D eigenvalue weighted by molar-refractivity contribution is 0.0953. The molecule has 0 spiro atoms. The highest BCUT2D eigenvalue weighted by Crippen LogP contribution is 2.10. The van der Waals surface area contributed by atoms with Gasteiger partial charge in [0.1, 0.15) is 0 Å². The SMILES string of the molecule is Cc1ccc(C(=O)NCCCc2nc(C)cs2)cc1. The standard InChI is InChI=1S/C15H18N2OS/c1-11-5-7-13(8-6-11)15(18)16-9-3-4-14-17-12(2)10-19-14/h5-8,10H,3-4,9H2,1-2H3,(H,16,18). The van der Waals surface area contributed by atoms with Gasteiger partial charge in [-0.25, -0.2) is 4.98 Å². The Bertz CT molecular complexity index is 546. The lowest BCUT2D eigenvalue weighted by Crippen LogP contribution is -2.24. The van der Waals surface area contributed by atoms with Gasteiger partial charge in [-0.3, -0.25) is 4.79 Å². The molecule has 2 rings (SSSR count). The quantitative estimate of drug-likeness (QED) is 0.851. The first-order valence-electron chi connectivity index (χ1n) is 6.41. The molecule has 2 aromatic rings. The smallest absolute Gasteiger partial charge is 0.251 e. The van der Waals surface area contributed by atoms with E-state index in [-0.39, 0.29) is 5.91 Å². The van der Waals surface area contributed by atoms with E-state index in [1.165, 1.54) is 0 Å². The molecule has 0 aliphatic rings. The van der Waals surface area contributed by atoms with Crippen LogP contribution in [0.15, 0.2) is 29.6 Å². The fourth-order valence-corrected chi connectivity index (χ4v) is 2.58. The van der Waals surface area contributed by atoms with Crippen LogP contribution in [-0.4, -0.2) is 17.4 Å². The number of aromatic nitrogens is 1. The number of amides is 1. The van der Waals surface area contributed by atoms with Crippen LogP contribution in [0.1, 0.15) is 33.0 Å². The number of nitrogens with zero attached hydrogens (tertiary/aromatic N) is 1. The van der Waals surface area contributed by atoms with Crippen LogP contribution in [0.2, 0.25) is 0 Å². The topological polar surface area (TPSA) is 42.0 Å². The highest BCUT2D eigenvalue weighted by atomic mass is 32.1. The molecule has 0 bridgehead atoms. The average Bonchev–Trinajstić information content (AvgIpc) is 2.81. The fraction of sp³-hybridized carbons (Fsp3) is 0.333. The number of hydrogen-bond donors (Lipinski definition) is 1. The summed E-state index contributed by atoms with van der Waals surface area (Å²) in [7, 11) is 0. The number of rotatable bonds is 5. The minimum Gasteiger partial charge on any atom is -0.352 e. The zero-order valence-corrected chi connectivity index (χ0v) is 12.1. The Balaban J connectivity index is 1.73. The van der Waals surface area contributed by atoms with Crippen LogP contribution in [0.5, 0.6) is 0 Å². The van der Waals surface area contributed by atoms with E-state index in [9.17, 15) is 4.79 Å². The summed E-state index contributed by atoms with van der Waals surface area (Å²) in [6, 6.07) is 7.62. The van der Waals surface area contributed by atoms with Crippen molar-refractivity contribution in [1.82, 2.24) is 10.3 Å². The Morgan fingerprint density at radius 1 is 1.26 bits per heavy atom.